The number of hydrogen-bond donors (Lipinski definition) is 0. The van der Waals surface area contributed by atoms with E-state index in [0.717, 1.165) is 97.1 Å². The molecule has 0 N–H and O–H groups in total. The lowest BCUT2D eigenvalue weighted by Crippen LogP contribution is -2.49. The molecule has 0 bridgehead atoms. The van der Waals surface area contributed by atoms with Crippen molar-refractivity contribution in [1.82, 2.24) is 4.90 Å². The number of rotatable bonds is 4. The van der Waals surface area contributed by atoms with Crippen LogP contribution in [0.2, 0.25) is 0 Å². The highest BCUT2D eigenvalue weighted by atomic mass is 16.5. The molecule has 2 fully saturated rings. The Bertz CT molecular complexity index is 1320. The number of carbonyl (C=O) groups is 1. The van der Waals surface area contributed by atoms with Gasteiger partial charge >= 0.3 is 0 Å². The van der Waals surface area contributed by atoms with Crippen LogP contribution < -0.4 is 9.64 Å². The van der Waals surface area contributed by atoms with E-state index in [1.54, 1.807) is 0 Å². The zero-order valence-corrected chi connectivity index (χ0v) is 22.1. The van der Waals surface area contributed by atoms with E-state index in [1.807, 2.05) is 31.2 Å². The Morgan fingerprint density at radius 3 is 2.54 bits per heavy atom. The van der Waals surface area contributed by atoms with Crippen LogP contribution in [0.4, 0.5) is 5.69 Å². The standard InChI is InChI=1S/C31H35N3O3/c1-4-37-28-17-24-25(18-27(28)34-9-7-22(8-10-34)33-11-13-36-14-12-33)31(2,3)26-16-21-15-20(19-32)5-6-23(21)29(26)30(24)35/h5-6,15,17-18,22H,4,7-14,16H2,1-3H3. The Labute approximate surface area is 219 Å². The first kappa shape index (κ1) is 24.2. The van der Waals surface area contributed by atoms with Crippen LogP contribution in [-0.2, 0) is 16.6 Å². The van der Waals surface area contributed by atoms with E-state index < -0.39 is 0 Å². The quantitative estimate of drug-likeness (QED) is 0.608. The maximum Gasteiger partial charge on any atom is 0.194 e. The van der Waals surface area contributed by atoms with Crippen LogP contribution in [-0.4, -0.2) is 62.7 Å². The first-order valence-electron chi connectivity index (χ1n) is 13.6. The van der Waals surface area contributed by atoms with Crippen LogP contribution in [0.25, 0.3) is 5.57 Å². The van der Waals surface area contributed by atoms with Gasteiger partial charge in [0.15, 0.2) is 5.78 Å². The highest BCUT2D eigenvalue weighted by Gasteiger charge is 2.44. The molecule has 6 heteroatoms. The number of piperidine rings is 1. The number of carbonyl (C=O) groups excluding carboxylic acids is 1. The number of fused-ring (bicyclic) bond motifs is 3. The molecule has 2 aliphatic carbocycles. The van der Waals surface area contributed by atoms with Gasteiger partial charge in [-0.2, -0.15) is 5.26 Å². The van der Waals surface area contributed by atoms with E-state index in [9.17, 15) is 10.1 Å². The molecule has 2 heterocycles. The minimum Gasteiger partial charge on any atom is -0.492 e. The molecule has 0 aromatic heterocycles. The number of ketones is 1. The lowest BCUT2D eigenvalue weighted by Gasteiger charge is -2.42. The lowest BCUT2D eigenvalue weighted by molar-refractivity contribution is 0.0115. The van der Waals surface area contributed by atoms with Crippen LogP contribution in [0.15, 0.2) is 35.9 Å². The Morgan fingerprint density at radius 2 is 1.84 bits per heavy atom. The zero-order chi connectivity index (χ0) is 25.7. The monoisotopic (exact) mass is 497 g/mol. The van der Waals surface area contributed by atoms with E-state index in [4.69, 9.17) is 9.47 Å². The SMILES string of the molecule is CCOc1cc2c(cc1N1CCC(N3CCOCC3)CC1)C(C)(C)C1=C(C2=O)c2ccc(C#N)cc2C1. The highest BCUT2D eigenvalue weighted by molar-refractivity contribution is 6.33. The lowest BCUT2D eigenvalue weighted by atomic mass is 9.68. The predicted molar refractivity (Wildman–Crippen MR) is 144 cm³/mol. The second-order valence-corrected chi connectivity index (χ2v) is 11.1. The summed E-state index contributed by atoms with van der Waals surface area (Å²) >= 11 is 0. The number of anilines is 1. The van der Waals surface area contributed by atoms with E-state index in [-0.39, 0.29) is 11.2 Å². The molecule has 0 spiro atoms. The molecule has 4 aliphatic rings. The van der Waals surface area contributed by atoms with Crippen molar-refractivity contribution >= 4 is 17.0 Å². The van der Waals surface area contributed by atoms with E-state index in [2.05, 4.69) is 35.8 Å². The topological polar surface area (TPSA) is 65.8 Å². The van der Waals surface area contributed by atoms with Crippen LogP contribution in [0.1, 0.15) is 66.2 Å². The summed E-state index contributed by atoms with van der Waals surface area (Å²) in [7, 11) is 0. The van der Waals surface area contributed by atoms with Crippen molar-refractivity contribution in [3.05, 3.63) is 63.7 Å². The van der Waals surface area contributed by atoms with Crippen molar-refractivity contribution in [2.45, 2.75) is 51.5 Å². The molecule has 6 rings (SSSR count). The van der Waals surface area contributed by atoms with Gasteiger partial charge in [0.05, 0.1) is 37.1 Å². The van der Waals surface area contributed by atoms with Gasteiger partial charge in [0, 0.05) is 48.8 Å². The van der Waals surface area contributed by atoms with Gasteiger partial charge in [-0.25, -0.2) is 0 Å². The van der Waals surface area contributed by atoms with Gasteiger partial charge < -0.3 is 14.4 Å². The minimum atomic E-state index is -0.296. The molecule has 37 heavy (non-hydrogen) atoms. The smallest absolute Gasteiger partial charge is 0.194 e. The number of benzene rings is 2. The molecule has 6 nitrogen and oxygen atoms in total. The first-order chi connectivity index (χ1) is 17.9. The fourth-order valence-electron chi connectivity index (χ4n) is 6.79. The Balaban J connectivity index is 1.34. The molecular weight excluding hydrogens is 462 g/mol. The number of hydrogen-bond acceptors (Lipinski definition) is 6. The van der Waals surface area contributed by atoms with Gasteiger partial charge in [-0.05, 0) is 72.7 Å². The Morgan fingerprint density at radius 1 is 1.08 bits per heavy atom. The van der Waals surface area contributed by atoms with Crippen LogP contribution in [0, 0.1) is 11.3 Å². The molecule has 0 radical (unpaired) electrons. The normalized spacial score (nSPS) is 21.4. The summed E-state index contributed by atoms with van der Waals surface area (Å²) in [6.45, 7) is 12.7. The van der Waals surface area contributed by atoms with Crippen molar-refractivity contribution in [3.8, 4) is 11.8 Å². The van der Waals surface area contributed by atoms with Crippen molar-refractivity contribution < 1.29 is 14.3 Å². The number of nitriles is 1. The van der Waals surface area contributed by atoms with Gasteiger partial charge in [0.1, 0.15) is 5.75 Å². The van der Waals surface area contributed by atoms with Crippen molar-refractivity contribution in [2.75, 3.05) is 50.9 Å². The third-order valence-corrected chi connectivity index (χ3v) is 8.84. The van der Waals surface area contributed by atoms with Gasteiger partial charge in [-0.3, -0.25) is 9.69 Å². The zero-order valence-electron chi connectivity index (χ0n) is 22.1. The molecule has 2 aromatic carbocycles. The van der Waals surface area contributed by atoms with E-state index >= 15 is 0 Å². The van der Waals surface area contributed by atoms with Gasteiger partial charge in [0.25, 0.3) is 0 Å². The molecule has 2 aliphatic heterocycles. The maximum atomic E-state index is 14.0. The van der Waals surface area contributed by atoms with E-state index in [1.165, 1.54) is 0 Å². The average molecular weight is 498 g/mol. The van der Waals surface area contributed by atoms with Gasteiger partial charge in [-0.1, -0.05) is 19.9 Å². The second kappa shape index (κ2) is 9.31. The summed E-state index contributed by atoms with van der Waals surface area (Å²) < 4.78 is 11.7. The fraction of sp³-hybridized carbons (Fsp3) is 0.484. The number of nitrogens with zero attached hydrogens (tertiary/aromatic N) is 3. The number of Topliss-reactive ketones (excluding diaryl/α,β-unsaturated/α-hetero) is 1. The summed E-state index contributed by atoms with van der Waals surface area (Å²) in [6.07, 6.45) is 2.96. The number of ether oxygens (including phenoxy) is 2. The number of morpholine rings is 1. The minimum absolute atomic E-state index is 0.0753. The number of allylic oxidation sites excluding steroid dienone is 2. The molecule has 0 atom stereocenters. The molecule has 0 amide bonds. The highest BCUT2D eigenvalue weighted by Crippen LogP contribution is 2.52. The molecule has 192 valence electrons. The molecule has 2 aromatic rings. The van der Waals surface area contributed by atoms with Gasteiger partial charge in [-0.15, -0.1) is 0 Å². The first-order valence-corrected chi connectivity index (χ1v) is 13.6. The molecule has 2 saturated heterocycles. The van der Waals surface area contributed by atoms with Crippen molar-refractivity contribution in [3.63, 3.8) is 0 Å². The summed E-state index contributed by atoms with van der Waals surface area (Å²) in [4.78, 5) is 19.0. The largest absolute Gasteiger partial charge is 0.492 e. The second-order valence-electron chi connectivity index (χ2n) is 11.1. The molecular formula is C31H35N3O3. The summed E-state index contributed by atoms with van der Waals surface area (Å²) in [6, 6.07) is 12.8. The van der Waals surface area contributed by atoms with Crippen LogP contribution in [0.5, 0.6) is 5.75 Å². The van der Waals surface area contributed by atoms with Crippen LogP contribution in [0.3, 0.4) is 0 Å². The van der Waals surface area contributed by atoms with Crippen molar-refractivity contribution in [1.29, 1.82) is 5.26 Å². The summed E-state index contributed by atoms with van der Waals surface area (Å²) in [5, 5.41) is 9.39. The third kappa shape index (κ3) is 3.96. The van der Waals surface area contributed by atoms with Crippen molar-refractivity contribution in [2.24, 2.45) is 0 Å². The summed E-state index contributed by atoms with van der Waals surface area (Å²) in [5.41, 5.74) is 7.31. The Hall–Kier alpha value is -3.14. The predicted octanol–water partition coefficient (Wildman–Crippen LogP) is 4.74. The Kier molecular flexibility index (Phi) is 6.09. The average Bonchev–Trinajstić information content (AvgIpc) is 3.32. The third-order valence-electron chi connectivity index (χ3n) is 8.84. The van der Waals surface area contributed by atoms with Gasteiger partial charge in [0.2, 0.25) is 0 Å². The summed E-state index contributed by atoms with van der Waals surface area (Å²) in [5.74, 6) is 0.878. The molecule has 0 saturated carbocycles. The van der Waals surface area contributed by atoms with E-state index in [0.29, 0.717) is 24.6 Å². The maximum absolute atomic E-state index is 14.0. The molecule has 0 unspecified atom stereocenters. The van der Waals surface area contributed by atoms with Crippen LogP contribution >= 0.6 is 0 Å². The fourth-order valence-corrected chi connectivity index (χ4v) is 6.79.